The van der Waals surface area contributed by atoms with Crippen LogP contribution in [0.1, 0.15) is 24.2 Å². The van der Waals surface area contributed by atoms with E-state index in [4.69, 9.17) is 17.3 Å². The van der Waals surface area contributed by atoms with Crippen molar-refractivity contribution >= 4 is 23.2 Å². The van der Waals surface area contributed by atoms with Gasteiger partial charge in [-0.15, -0.1) is 0 Å². The van der Waals surface area contributed by atoms with Gasteiger partial charge in [0.1, 0.15) is 0 Å². The first-order chi connectivity index (χ1) is 8.24. The highest BCUT2D eigenvalue weighted by Gasteiger charge is 2.21. The molecule has 0 bridgehead atoms. The lowest BCUT2D eigenvalue weighted by Crippen LogP contribution is -2.48. The zero-order valence-corrected chi connectivity index (χ0v) is 12.0. The van der Waals surface area contributed by atoms with Gasteiger partial charge in [-0.1, -0.05) is 11.6 Å². The van der Waals surface area contributed by atoms with Gasteiger partial charge >= 0.3 is 0 Å². The van der Waals surface area contributed by atoms with Gasteiger partial charge in [0, 0.05) is 17.6 Å². The molecule has 4 nitrogen and oxygen atoms in total. The van der Waals surface area contributed by atoms with E-state index >= 15 is 0 Å². The van der Waals surface area contributed by atoms with Gasteiger partial charge in [-0.25, -0.2) is 0 Å². The Morgan fingerprint density at radius 3 is 2.56 bits per heavy atom. The number of halogens is 1. The van der Waals surface area contributed by atoms with Gasteiger partial charge in [0.15, 0.2) is 0 Å². The molecule has 0 radical (unpaired) electrons. The third-order valence-corrected chi connectivity index (χ3v) is 3.49. The predicted octanol–water partition coefficient (Wildman–Crippen LogP) is 1.99. The number of benzene rings is 1. The number of anilines is 1. The van der Waals surface area contributed by atoms with Crippen LogP contribution in [0.3, 0.4) is 0 Å². The van der Waals surface area contributed by atoms with E-state index in [1.807, 2.05) is 14.1 Å². The van der Waals surface area contributed by atoms with E-state index in [9.17, 15) is 4.79 Å². The lowest BCUT2D eigenvalue weighted by molar-refractivity contribution is 0.0920. The molecule has 1 aromatic carbocycles. The maximum Gasteiger partial charge on any atom is 0.251 e. The summed E-state index contributed by atoms with van der Waals surface area (Å²) in [6, 6.07) is 4.87. The van der Waals surface area contributed by atoms with E-state index in [-0.39, 0.29) is 11.4 Å². The van der Waals surface area contributed by atoms with Crippen LogP contribution in [-0.2, 0) is 0 Å². The van der Waals surface area contributed by atoms with Gasteiger partial charge in [0.05, 0.1) is 10.7 Å². The molecule has 1 aromatic rings. The number of amides is 1. The molecule has 1 rings (SSSR count). The molecule has 5 heteroatoms. The van der Waals surface area contributed by atoms with Crippen molar-refractivity contribution in [3.8, 4) is 0 Å². The third kappa shape index (κ3) is 3.62. The summed E-state index contributed by atoms with van der Waals surface area (Å²) in [5, 5.41) is 3.35. The number of hydrogen-bond donors (Lipinski definition) is 2. The summed E-state index contributed by atoms with van der Waals surface area (Å²) in [6.07, 6.45) is 0. The van der Waals surface area contributed by atoms with E-state index in [0.717, 1.165) is 0 Å². The fourth-order valence-electron chi connectivity index (χ4n) is 1.24. The van der Waals surface area contributed by atoms with E-state index in [0.29, 0.717) is 22.8 Å². The van der Waals surface area contributed by atoms with Crippen LogP contribution in [0.25, 0.3) is 0 Å². The Morgan fingerprint density at radius 2 is 2.06 bits per heavy atom. The molecule has 0 heterocycles. The van der Waals surface area contributed by atoms with Crippen LogP contribution in [-0.4, -0.2) is 37.0 Å². The zero-order chi connectivity index (χ0) is 13.9. The van der Waals surface area contributed by atoms with Crippen molar-refractivity contribution in [2.24, 2.45) is 0 Å². The van der Waals surface area contributed by atoms with Crippen LogP contribution < -0.4 is 11.1 Å². The summed E-state index contributed by atoms with van der Waals surface area (Å²) in [5.74, 6) is -0.145. The molecule has 1 amide bonds. The summed E-state index contributed by atoms with van der Waals surface area (Å²) < 4.78 is 0. The van der Waals surface area contributed by atoms with Crippen molar-refractivity contribution in [3.05, 3.63) is 28.8 Å². The summed E-state index contributed by atoms with van der Waals surface area (Å²) in [4.78, 5) is 14.0. The first-order valence-electron chi connectivity index (χ1n) is 5.74. The van der Waals surface area contributed by atoms with Crippen LogP contribution in [0.5, 0.6) is 0 Å². The Bertz CT molecular complexity index is 444. The maximum atomic E-state index is 11.9. The molecule has 0 atom stereocenters. The molecule has 0 saturated carbocycles. The van der Waals surface area contributed by atoms with Gasteiger partial charge in [-0.2, -0.15) is 0 Å². The Morgan fingerprint density at radius 1 is 1.44 bits per heavy atom. The molecule has 0 aliphatic carbocycles. The predicted molar refractivity (Wildman–Crippen MR) is 76.0 cm³/mol. The third-order valence-electron chi connectivity index (χ3n) is 3.15. The SMILES string of the molecule is CN(C)C(C)(C)CNC(=O)c1ccc(Cl)c(N)c1. The highest BCUT2D eigenvalue weighted by atomic mass is 35.5. The Hall–Kier alpha value is -1.26. The van der Waals surface area contributed by atoms with Crippen molar-refractivity contribution in [2.75, 3.05) is 26.4 Å². The molecule has 0 aromatic heterocycles. The molecule has 3 N–H and O–H groups in total. The molecule has 100 valence electrons. The first-order valence-corrected chi connectivity index (χ1v) is 6.12. The summed E-state index contributed by atoms with van der Waals surface area (Å²) >= 11 is 5.81. The highest BCUT2D eigenvalue weighted by molar-refractivity contribution is 6.33. The number of nitrogens with two attached hydrogens (primary N) is 1. The Kier molecular flexibility index (Phi) is 4.59. The molecule has 0 unspecified atom stereocenters. The zero-order valence-electron chi connectivity index (χ0n) is 11.2. The summed E-state index contributed by atoms with van der Waals surface area (Å²) in [7, 11) is 3.96. The van der Waals surface area contributed by atoms with Gasteiger partial charge < -0.3 is 16.0 Å². The average Bonchev–Trinajstić information content (AvgIpc) is 2.29. The second-order valence-corrected chi connectivity index (χ2v) is 5.53. The smallest absolute Gasteiger partial charge is 0.251 e. The van der Waals surface area contributed by atoms with Gasteiger partial charge in [-0.05, 0) is 46.1 Å². The number of nitrogens with zero attached hydrogens (tertiary/aromatic N) is 1. The molecular formula is C13H20ClN3O. The van der Waals surface area contributed by atoms with Crippen LogP contribution in [0.4, 0.5) is 5.69 Å². The molecule has 0 saturated heterocycles. The number of nitrogens with one attached hydrogen (secondary N) is 1. The molecule has 0 aliphatic rings. The van der Waals surface area contributed by atoms with E-state index in [2.05, 4.69) is 24.1 Å². The molecule has 18 heavy (non-hydrogen) atoms. The number of carbonyl (C=O) groups excluding carboxylic acids is 1. The van der Waals surface area contributed by atoms with E-state index in [1.54, 1.807) is 18.2 Å². The monoisotopic (exact) mass is 269 g/mol. The lowest BCUT2D eigenvalue weighted by Gasteiger charge is -2.32. The molecule has 0 fully saturated rings. The number of rotatable bonds is 4. The number of nitrogen functional groups attached to an aromatic ring is 1. The van der Waals surface area contributed by atoms with Crippen LogP contribution >= 0.6 is 11.6 Å². The van der Waals surface area contributed by atoms with E-state index < -0.39 is 0 Å². The minimum absolute atomic E-state index is 0.104. The van der Waals surface area contributed by atoms with Gasteiger partial charge in [0.2, 0.25) is 0 Å². The molecule has 0 spiro atoms. The van der Waals surface area contributed by atoms with E-state index in [1.165, 1.54) is 0 Å². The van der Waals surface area contributed by atoms with Crippen LogP contribution in [0.2, 0.25) is 5.02 Å². The van der Waals surface area contributed by atoms with Gasteiger partial charge in [0.25, 0.3) is 5.91 Å². The van der Waals surface area contributed by atoms with Crippen molar-refractivity contribution in [2.45, 2.75) is 19.4 Å². The Labute approximate surface area is 113 Å². The normalized spacial score (nSPS) is 11.7. The maximum absolute atomic E-state index is 11.9. The largest absolute Gasteiger partial charge is 0.398 e. The van der Waals surface area contributed by atoms with Crippen molar-refractivity contribution in [1.29, 1.82) is 0 Å². The summed E-state index contributed by atoms with van der Waals surface area (Å²) in [6.45, 7) is 4.67. The fourth-order valence-corrected chi connectivity index (χ4v) is 1.36. The number of hydrogen-bond acceptors (Lipinski definition) is 3. The first kappa shape index (κ1) is 14.8. The summed E-state index contributed by atoms with van der Waals surface area (Å²) in [5.41, 5.74) is 6.50. The fraction of sp³-hybridized carbons (Fsp3) is 0.462. The molecular weight excluding hydrogens is 250 g/mol. The second-order valence-electron chi connectivity index (χ2n) is 5.13. The van der Waals surface area contributed by atoms with Gasteiger partial charge in [-0.3, -0.25) is 4.79 Å². The average molecular weight is 270 g/mol. The van der Waals surface area contributed by atoms with Crippen LogP contribution in [0.15, 0.2) is 18.2 Å². The van der Waals surface area contributed by atoms with Crippen molar-refractivity contribution < 1.29 is 4.79 Å². The number of likely N-dealkylation sites (N-methyl/N-ethyl adjacent to an activating group) is 1. The van der Waals surface area contributed by atoms with Crippen molar-refractivity contribution in [3.63, 3.8) is 0 Å². The van der Waals surface area contributed by atoms with Crippen LogP contribution in [0, 0.1) is 0 Å². The second kappa shape index (κ2) is 5.59. The minimum Gasteiger partial charge on any atom is -0.398 e. The highest BCUT2D eigenvalue weighted by Crippen LogP contribution is 2.19. The number of carbonyl (C=O) groups is 1. The Balaban J connectivity index is 2.69. The quantitative estimate of drug-likeness (QED) is 0.822. The molecule has 0 aliphatic heterocycles. The lowest BCUT2D eigenvalue weighted by atomic mass is 10.0. The standard InChI is InChI=1S/C13H20ClN3O/c1-13(2,17(3)4)8-16-12(18)9-5-6-10(14)11(15)7-9/h5-7H,8,15H2,1-4H3,(H,16,18). The van der Waals surface area contributed by atoms with Crippen molar-refractivity contribution in [1.82, 2.24) is 10.2 Å². The topological polar surface area (TPSA) is 58.4 Å². The minimum atomic E-state index is -0.145.